The standard InChI is InChI=1S/C12H20N4O2/c1-4-16-11(10(13)7-15-16)12(17)14-5-6-18-8-9(2)3/h7H,2,4-6,8,13H2,1,3H3,(H,14,17). The summed E-state index contributed by atoms with van der Waals surface area (Å²) < 4.78 is 6.85. The summed E-state index contributed by atoms with van der Waals surface area (Å²) in [6, 6.07) is 0. The molecule has 1 heterocycles. The maximum absolute atomic E-state index is 11.9. The van der Waals surface area contributed by atoms with Gasteiger partial charge in [-0.3, -0.25) is 9.48 Å². The van der Waals surface area contributed by atoms with Crippen molar-refractivity contribution in [2.45, 2.75) is 20.4 Å². The van der Waals surface area contributed by atoms with Gasteiger partial charge in [-0.15, -0.1) is 0 Å². The summed E-state index contributed by atoms with van der Waals surface area (Å²) in [6.45, 7) is 9.49. The van der Waals surface area contributed by atoms with Crippen LogP contribution < -0.4 is 11.1 Å². The van der Waals surface area contributed by atoms with Gasteiger partial charge in [-0.1, -0.05) is 12.2 Å². The summed E-state index contributed by atoms with van der Waals surface area (Å²) in [5.41, 5.74) is 7.44. The summed E-state index contributed by atoms with van der Waals surface area (Å²) in [6.07, 6.45) is 1.48. The second kappa shape index (κ2) is 6.80. The van der Waals surface area contributed by atoms with Crippen LogP contribution in [0, 0.1) is 0 Å². The molecule has 1 amide bonds. The first-order valence-corrected chi connectivity index (χ1v) is 5.87. The minimum Gasteiger partial charge on any atom is -0.396 e. The lowest BCUT2D eigenvalue weighted by molar-refractivity contribution is 0.0917. The van der Waals surface area contributed by atoms with E-state index in [9.17, 15) is 4.79 Å². The van der Waals surface area contributed by atoms with Crippen LogP contribution in [0.5, 0.6) is 0 Å². The molecule has 100 valence electrons. The van der Waals surface area contributed by atoms with Crippen LogP contribution in [0.15, 0.2) is 18.3 Å². The number of nitrogens with one attached hydrogen (secondary N) is 1. The van der Waals surface area contributed by atoms with Crippen LogP contribution >= 0.6 is 0 Å². The molecule has 1 rings (SSSR count). The number of nitrogens with zero attached hydrogens (tertiary/aromatic N) is 2. The molecule has 1 aromatic rings. The van der Waals surface area contributed by atoms with E-state index in [0.717, 1.165) is 5.57 Å². The third-order valence-corrected chi connectivity index (χ3v) is 2.26. The highest BCUT2D eigenvalue weighted by atomic mass is 16.5. The molecule has 0 bridgehead atoms. The number of rotatable bonds is 7. The van der Waals surface area contributed by atoms with Crippen molar-refractivity contribution < 1.29 is 9.53 Å². The molecule has 0 spiro atoms. The van der Waals surface area contributed by atoms with Gasteiger partial charge in [0, 0.05) is 13.1 Å². The number of aromatic nitrogens is 2. The highest BCUT2D eigenvalue weighted by molar-refractivity contribution is 5.97. The Kier molecular flexibility index (Phi) is 5.38. The van der Waals surface area contributed by atoms with Crippen LogP contribution in [0.4, 0.5) is 5.69 Å². The maximum atomic E-state index is 11.9. The zero-order valence-electron chi connectivity index (χ0n) is 10.9. The molecular formula is C12H20N4O2. The molecule has 0 aliphatic rings. The van der Waals surface area contributed by atoms with Crippen molar-refractivity contribution in [2.75, 3.05) is 25.5 Å². The zero-order chi connectivity index (χ0) is 13.5. The second-order valence-electron chi connectivity index (χ2n) is 4.03. The summed E-state index contributed by atoms with van der Waals surface area (Å²) >= 11 is 0. The first kappa shape index (κ1) is 14.2. The Morgan fingerprint density at radius 2 is 2.39 bits per heavy atom. The Bertz CT molecular complexity index is 426. The first-order valence-electron chi connectivity index (χ1n) is 5.87. The van der Waals surface area contributed by atoms with Gasteiger partial charge in [0.1, 0.15) is 5.69 Å². The van der Waals surface area contributed by atoms with E-state index in [1.54, 1.807) is 4.68 Å². The third-order valence-electron chi connectivity index (χ3n) is 2.26. The van der Waals surface area contributed by atoms with Crippen molar-refractivity contribution >= 4 is 11.6 Å². The highest BCUT2D eigenvalue weighted by Crippen LogP contribution is 2.09. The second-order valence-corrected chi connectivity index (χ2v) is 4.03. The fourth-order valence-electron chi connectivity index (χ4n) is 1.45. The molecule has 3 N–H and O–H groups in total. The fourth-order valence-corrected chi connectivity index (χ4v) is 1.45. The number of carbonyl (C=O) groups is 1. The molecule has 18 heavy (non-hydrogen) atoms. The van der Waals surface area contributed by atoms with Gasteiger partial charge >= 0.3 is 0 Å². The van der Waals surface area contributed by atoms with Crippen molar-refractivity contribution in [1.29, 1.82) is 0 Å². The largest absolute Gasteiger partial charge is 0.396 e. The third kappa shape index (κ3) is 3.89. The fraction of sp³-hybridized carbons (Fsp3) is 0.500. The van der Waals surface area contributed by atoms with Gasteiger partial charge in [0.15, 0.2) is 0 Å². The SMILES string of the molecule is C=C(C)COCCNC(=O)c1c(N)cnn1CC. The van der Waals surface area contributed by atoms with Gasteiger partial charge in [-0.2, -0.15) is 5.10 Å². The van der Waals surface area contributed by atoms with Crippen molar-refractivity contribution in [1.82, 2.24) is 15.1 Å². The van der Waals surface area contributed by atoms with Gasteiger partial charge in [-0.05, 0) is 13.8 Å². The van der Waals surface area contributed by atoms with Crippen LogP contribution in [0.2, 0.25) is 0 Å². The van der Waals surface area contributed by atoms with E-state index in [0.29, 0.717) is 37.7 Å². The van der Waals surface area contributed by atoms with Gasteiger partial charge in [-0.25, -0.2) is 0 Å². The van der Waals surface area contributed by atoms with Crippen molar-refractivity contribution in [3.8, 4) is 0 Å². The number of hydrogen-bond donors (Lipinski definition) is 2. The predicted molar refractivity (Wildman–Crippen MR) is 70.3 cm³/mol. The number of carbonyl (C=O) groups excluding carboxylic acids is 1. The molecule has 0 aromatic carbocycles. The predicted octanol–water partition coefficient (Wildman–Crippen LogP) is 0.808. The Morgan fingerprint density at radius 3 is 3.00 bits per heavy atom. The molecular weight excluding hydrogens is 232 g/mol. The molecule has 6 heteroatoms. The summed E-state index contributed by atoms with van der Waals surface area (Å²) in [7, 11) is 0. The van der Waals surface area contributed by atoms with Crippen LogP contribution in [-0.4, -0.2) is 35.4 Å². The van der Waals surface area contributed by atoms with Gasteiger partial charge in [0.05, 0.1) is 25.1 Å². The monoisotopic (exact) mass is 252 g/mol. The number of aryl methyl sites for hydroxylation is 1. The Hall–Kier alpha value is -1.82. The van der Waals surface area contributed by atoms with Crippen molar-refractivity contribution in [3.63, 3.8) is 0 Å². The van der Waals surface area contributed by atoms with E-state index in [4.69, 9.17) is 10.5 Å². The Labute approximate surface area is 107 Å². The molecule has 0 atom stereocenters. The van der Waals surface area contributed by atoms with Gasteiger partial charge < -0.3 is 15.8 Å². The lowest BCUT2D eigenvalue weighted by Crippen LogP contribution is -2.30. The van der Waals surface area contributed by atoms with E-state index in [-0.39, 0.29) is 5.91 Å². The van der Waals surface area contributed by atoms with E-state index in [1.807, 2.05) is 13.8 Å². The minimum absolute atomic E-state index is 0.231. The average Bonchev–Trinajstić information content (AvgIpc) is 2.69. The van der Waals surface area contributed by atoms with Crippen molar-refractivity contribution in [3.05, 3.63) is 24.0 Å². The lowest BCUT2D eigenvalue weighted by atomic mass is 10.3. The summed E-state index contributed by atoms with van der Waals surface area (Å²) in [5.74, 6) is -0.231. The zero-order valence-corrected chi connectivity index (χ0v) is 10.9. The summed E-state index contributed by atoms with van der Waals surface area (Å²) in [4.78, 5) is 11.9. The summed E-state index contributed by atoms with van der Waals surface area (Å²) in [5, 5.41) is 6.75. The Morgan fingerprint density at radius 1 is 1.67 bits per heavy atom. The van der Waals surface area contributed by atoms with Crippen LogP contribution in [0.1, 0.15) is 24.3 Å². The topological polar surface area (TPSA) is 82.2 Å². The molecule has 0 aliphatic heterocycles. The molecule has 0 aliphatic carbocycles. The molecule has 0 saturated heterocycles. The average molecular weight is 252 g/mol. The number of anilines is 1. The maximum Gasteiger partial charge on any atom is 0.271 e. The Balaban J connectivity index is 2.41. The number of hydrogen-bond acceptors (Lipinski definition) is 4. The number of ether oxygens (including phenoxy) is 1. The molecule has 6 nitrogen and oxygen atoms in total. The molecule has 0 unspecified atom stereocenters. The molecule has 0 fully saturated rings. The number of amides is 1. The van der Waals surface area contributed by atoms with E-state index < -0.39 is 0 Å². The van der Waals surface area contributed by atoms with E-state index in [1.165, 1.54) is 6.20 Å². The number of nitrogen functional groups attached to an aromatic ring is 1. The quantitative estimate of drug-likeness (QED) is 0.555. The van der Waals surface area contributed by atoms with Crippen LogP contribution in [0.25, 0.3) is 0 Å². The van der Waals surface area contributed by atoms with E-state index in [2.05, 4.69) is 17.0 Å². The van der Waals surface area contributed by atoms with Crippen LogP contribution in [0.3, 0.4) is 0 Å². The highest BCUT2D eigenvalue weighted by Gasteiger charge is 2.15. The molecule has 0 saturated carbocycles. The molecule has 1 aromatic heterocycles. The minimum atomic E-state index is -0.231. The first-order chi connectivity index (χ1) is 8.56. The van der Waals surface area contributed by atoms with Crippen LogP contribution in [-0.2, 0) is 11.3 Å². The van der Waals surface area contributed by atoms with E-state index >= 15 is 0 Å². The van der Waals surface area contributed by atoms with Crippen molar-refractivity contribution in [2.24, 2.45) is 0 Å². The lowest BCUT2D eigenvalue weighted by Gasteiger charge is -2.08. The van der Waals surface area contributed by atoms with Gasteiger partial charge in [0.25, 0.3) is 5.91 Å². The normalized spacial score (nSPS) is 10.3. The number of nitrogens with two attached hydrogens (primary N) is 1. The van der Waals surface area contributed by atoms with Gasteiger partial charge in [0.2, 0.25) is 0 Å². The molecule has 0 radical (unpaired) electrons. The smallest absolute Gasteiger partial charge is 0.271 e.